The lowest BCUT2D eigenvalue weighted by Crippen LogP contribution is -2.24. The first kappa shape index (κ1) is 7.26. The molecule has 0 saturated heterocycles. The van der Waals surface area contributed by atoms with E-state index < -0.39 is 12.0 Å². The molecule has 0 aliphatic carbocycles. The smallest absolute Gasteiger partial charge is 0.463 e. The zero-order valence-electron chi connectivity index (χ0n) is 3.95. The van der Waals surface area contributed by atoms with Crippen LogP contribution >= 0.6 is 0 Å². The fourth-order valence-electron chi connectivity index (χ4n) is 0.0472. The van der Waals surface area contributed by atoms with Crippen molar-refractivity contribution in [2.75, 3.05) is 0 Å². The Hall–Kier alpha value is -0.740. The molecule has 5 heteroatoms. The highest BCUT2D eigenvalue weighted by Gasteiger charge is 2.42. The van der Waals surface area contributed by atoms with E-state index in [1.54, 1.807) is 0 Å². The molecule has 0 spiro atoms. The molecule has 0 amide bonds. The van der Waals surface area contributed by atoms with E-state index >= 15 is 0 Å². The Bertz CT molecular complexity index is 104. The van der Waals surface area contributed by atoms with Crippen LogP contribution in [0.25, 0.3) is 0 Å². The normalized spacial score (nSPS) is 14.2. The number of hydrogen-bond donors (Lipinski definition) is 0. The Morgan fingerprint density at radius 3 is 1.88 bits per heavy atom. The van der Waals surface area contributed by atoms with Crippen molar-refractivity contribution < 1.29 is 23.0 Å². The third-order valence-electron chi connectivity index (χ3n) is 0.524. The Morgan fingerprint density at radius 1 is 1.50 bits per heavy atom. The minimum Gasteiger partial charge on any atom is -0.463 e. The van der Waals surface area contributed by atoms with Crippen LogP contribution in [0.3, 0.4) is 0 Å². The number of carbonyl (C=O) groups excluding carboxylic acids is 1. The molecule has 0 aliphatic rings. The molecule has 0 aromatic heterocycles. The van der Waals surface area contributed by atoms with Gasteiger partial charge in [-0.2, -0.15) is 17.7 Å². The highest BCUT2D eigenvalue weighted by molar-refractivity contribution is 5.81. The Kier molecular flexibility index (Phi) is 1.83. The molecule has 0 aromatic rings. The summed E-state index contributed by atoms with van der Waals surface area (Å²) in [5, 5.41) is 9.02. The summed E-state index contributed by atoms with van der Waals surface area (Å²) >= 11 is 0. The van der Waals surface area contributed by atoms with Gasteiger partial charge in [0.2, 0.25) is 0 Å². The van der Waals surface area contributed by atoms with Crippen LogP contribution < -0.4 is 5.26 Å². The zero-order chi connectivity index (χ0) is 6.78. The van der Waals surface area contributed by atoms with Crippen molar-refractivity contribution in [3.8, 4) is 0 Å². The summed E-state index contributed by atoms with van der Waals surface area (Å²) in [4.78, 5) is 0. The minimum atomic E-state index is -4.61. The lowest BCUT2D eigenvalue weighted by Gasteiger charge is -1.92. The number of halogens is 3. The standard InChI is InChI=1S/C3H3F3O2/c1-2(8-7)3(4,5)6/h1H3. The molecule has 0 bridgehead atoms. The first-order chi connectivity index (χ1) is 3.48. The van der Waals surface area contributed by atoms with Crippen molar-refractivity contribution in [2.24, 2.45) is 0 Å². The predicted molar refractivity (Wildman–Crippen MR) is 16.7 cm³/mol. The van der Waals surface area contributed by atoms with Crippen LogP contribution in [0.15, 0.2) is 0 Å². The molecule has 48 valence electrons. The van der Waals surface area contributed by atoms with Gasteiger partial charge in [0.15, 0.2) is 0 Å². The van der Waals surface area contributed by atoms with Crippen LogP contribution in [-0.4, -0.2) is 12.0 Å². The van der Waals surface area contributed by atoms with Crippen molar-refractivity contribution >= 4 is 5.78 Å². The lowest BCUT2D eigenvalue weighted by molar-refractivity contribution is -1.05. The molecule has 0 atom stereocenters. The molecular formula is C3H3F3O2. The quantitative estimate of drug-likeness (QED) is 0.256. The first-order valence-electron chi connectivity index (χ1n) is 1.69. The topological polar surface area (TPSA) is 34.4 Å². The molecule has 0 radical (unpaired) electrons. The maximum atomic E-state index is 11.1. The highest BCUT2D eigenvalue weighted by atomic mass is 19.4. The van der Waals surface area contributed by atoms with Crippen molar-refractivity contribution in [2.45, 2.75) is 13.1 Å². The molecule has 0 aliphatic heterocycles. The molecule has 0 heterocycles. The van der Waals surface area contributed by atoms with E-state index in [4.69, 9.17) is 5.26 Å². The second kappa shape index (κ2) is 2.02. The Labute approximate surface area is 43.2 Å². The van der Waals surface area contributed by atoms with E-state index in [-0.39, 0.29) is 0 Å². The van der Waals surface area contributed by atoms with Gasteiger partial charge >= 0.3 is 12.0 Å². The SMILES string of the molecule is CC(=[O+][O-])C(F)(F)F. The van der Waals surface area contributed by atoms with Crippen molar-refractivity contribution in [1.29, 1.82) is 0 Å². The third-order valence-corrected chi connectivity index (χ3v) is 0.524. The van der Waals surface area contributed by atoms with Gasteiger partial charge in [-0.25, -0.2) is 0 Å². The molecule has 2 nitrogen and oxygen atoms in total. The average molecular weight is 128 g/mol. The van der Waals surface area contributed by atoms with Gasteiger partial charge in [-0.15, -0.1) is 0 Å². The first-order valence-corrected chi connectivity index (χ1v) is 1.69. The average Bonchev–Trinajstić information content (AvgIpc) is 1.62. The molecule has 0 fully saturated rings. The summed E-state index contributed by atoms with van der Waals surface area (Å²) in [6.45, 7) is 0.562. The number of rotatable bonds is 0. The van der Waals surface area contributed by atoms with Crippen LogP contribution in [0.4, 0.5) is 13.2 Å². The summed E-state index contributed by atoms with van der Waals surface area (Å²) < 4.78 is 35.9. The van der Waals surface area contributed by atoms with Gasteiger partial charge in [-0.3, -0.25) is 0 Å². The van der Waals surface area contributed by atoms with E-state index in [1.807, 2.05) is 0 Å². The predicted octanol–water partition coefficient (Wildman–Crippen LogP) is -0.0513. The molecule has 8 heavy (non-hydrogen) atoms. The maximum Gasteiger partial charge on any atom is 0.507 e. The molecule has 0 unspecified atom stereocenters. The van der Waals surface area contributed by atoms with Gasteiger partial charge in [-0.05, 0) is 0 Å². The van der Waals surface area contributed by atoms with E-state index in [1.165, 1.54) is 0 Å². The van der Waals surface area contributed by atoms with Crippen LogP contribution in [0.1, 0.15) is 6.92 Å². The summed E-state index contributed by atoms with van der Waals surface area (Å²) in [6, 6.07) is 0. The molecule has 0 rings (SSSR count). The second-order valence-electron chi connectivity index (χ2n) is 1.14. The minimum absolute atomic E-state index is 0.562. The number of ketones is 1. The van der Waals surface area contributed by atoms with Crippen molar-refractivity contribution in [3.05, 3.63) is 0 Å². The van der Waals surface area contributed by atoms with Crippen LogP contribution in [-0.2, 0) is 4.58 Å². The van der Waals surface area contributed by atoms with E-state index in [2.05, 4.69) is 4.58 Å². The number of alkyl halides is 3. The fourth-order valence-corrected chi connectivity index (χ4v) is 0.0472. The zero-order valence-corrected chi connectivity index (χ0v) is 3.95. The summed E-state index contributed by atoms with van der Waals surface area (Å²) in [5.74, 6) is -1.47. The Morgan fingerprint density at radius 2 is 1.88 bits per heavy atom. The highest BCUT2D eigenvalue weighted by Crippen LogP contribution is 2.14. The summed E-state index contributed by atoms with van der Waals surface area (Å²) in [6.07, 6.45) is -4.61. The Balaban J connectivity index is 4.03. The maximum absolute atomic E-state index is 11.1. The fraction of sp³-hybridized carbons (Fsp3) is 0.667. The van der Waals surface area contributed by atoms with Crippen LogP contribution in [0.5, 0.6) is 0 Å². The van der Waals surface area contributed by atoms with Gasteiger partial charge in [0.1, 0.15) is 0 Å². The van der Waals surface area contributed by atoms with Crippen LogP contribution in [0.2, 0.25) is 0 Å². The van der Waals surface area contributed by atoms with Crippen molar-refractivity contribution in [1.82, 2.24) is 0 Å². The summed E-state index contributed by atoms with van der Waals surface area (Å²) in [7, 11) is 0. The van der Waals surface area contributed by atoms with Gasteiger partial charge in [0.05, 0.1) is 6.92 Å². The largest absolute Gasteiger partial charge is 0.507 e. The van der Waals surface area contributed by atoms with Gasteiger partial charge < -0.3 is 5.26 Å². The van der Waals surface area contributed by atoms with E-state index in [9.17, 15) is 13.2 Å². The monoisotopic (exact) mass is 128 g/mol. The third kappa shape index (κ3) is 1.81. The van der Waals surface area contributed by atoms with Crippen LogP contribution in [0, 0.1) is 0 Å². The summed E-state index contributed by atoms with van der Waals surface area (Å²) in [5.41, 5.74) is 0. The molecule has 0 saturated carbocycles. The lowest BCUT2D eigenvalue weighted by atomic mass is 10.5. The molecule has 0 N–H and O–H groups in total. The second-order valence-corrected chi connectivity index (χ2v) is 1.14. The van der Waals surface area contributed by atoms with Gasteiger partial charge in [0, 0.05) is 0 Å². The van der Waals surface area contributed by atoms with Crippen molar-refractivity contribution in [3.63, 3.8) is 0 Å². The number of hydrogen-bond acceptors (Lipinski definition) is 1. The van der Waals surface area contributed by atoms with E-state index in [0.29, 0.717) is 6.92 Å². The molecule has 0 aromatic carbocycles. The van der Waals surface area contributed by atoms with E-state index in [0.717, 1.165) is 0 Å². The molecular weight excluding hydrogens is 125 g/mol. The van der Waals surface area contributed by atoms with Gasteiger partial charge in [0.25, 0.3) is 0 Å². The van der Waals surface area contributed by atoms with Gasteiger partial charge in [-0.1, -0.05) is 0 Å².